The first-order chi connectivity index (χ1) is 8.49. The Bertz CT molecular complexity index is 554. The van der Waals surface area contributed by atoms with E-state index in [1.165, 1.54) is 0 Å². The van der Waals surface area contributed by atoms with Crippen LogP contribution in [-0.2, 0) is 4.79 Å². The maximum absolute atomic E-state index is 11.4. The summed E-state index contributed by atoms with van der Waals surface area (Å²) in [7, 11) is 0. The largest absolute Gasteiger partial charge is 0.478 e. The Hall–Kier alpha value is -1.82. The highest BCUT2D eigenvalue weighted by molar-refractivity contribution is 9.10. The summed E-state index contributed by atoms with van der Waals surface area (Å²) in [5.41, 5.74) is 1.22. The number of urea groups is 1. The van der Waals surface area contributed by atoms with E-state index in [1.807, 2.05) is 6.07 Å². The van der Waals surface area contributed by atoms with E-state index in [1.54, 1.807) is 25.1 Å². The number of carbonyl (C=O) groups is 2. The summed E-state index contributed by atoms with van der Waals surface area (Å²) >= 11 is 3.32. The van der Waals surface area contributed by atoms with E-state index < -0.39 is 18.0 Å². The fourth-order valence-electron chi connectivity index (χ4n) is 1.91. The highest BCUT2D eigenvalue weighted by Gasteiger charge is 2.30. The van der Waals surface area contributed by atoms with Crippen molar-refractivity contribution in [3.8, 4) is 0 Å². The molecule has 1 aliphatic rings. The molecule has 0 saturated carbocycles. The molecule has 1 atom stereocenters. The van der Waals surface area contributed by atoms with Gasteiger partial charge in [0.25, 0.3) is 0 Å². The van der Waals surface area contributed by atoms with E-state index >= 15 is 0 Å². The van der Waals surface area contributed by atoms with Crippen molar-refractivity contribution in [2.45, 2.75) is 13.0 Å². The van der Waals surface area contributed by atoms with Crippen LogP contribution in [0.15, 0.2) is 40.0 Å². The lowest BCUT2D eigenvalue weighted by Crippen LogP contribution is -2.45. The third-order valence-electron chi connectivity index (χ3n) is 2.68. The molecular formula is C12H11BrN2O3. The van der Waals surface area contributed by atoms with Gasteiger partial charge in [-0.2, -0.15) is 0 Å². The molecule has 1 unspecified atom stereocenters. The molecule has 1 heterocycles. The Morgan fingerprint density at radius 1 is 1.44 bits per heavy atom. The molecule has 0 saturated heterocycles. The Kier molecular flexibility index (Phi) is 3.38. The van der Waals surface area contributed by atoms with Crippen LogP contribution in [0.2, 0.25) is 0 Å². The van der Waals surface area contributed by atoms with Gasteiger partial charge in [0.2, 0.25) is 0 Å². The molecule has 0 bridgehead atoms. The lowest BCUT2D eigenvalue weighted by molar-refractivity contribution is -0.133. The summed E-state index contributed by atoms with van der Waals surface area (Å²) in [6.45, 7) is 1.58. The normalized spacial score (nSPS) is 19.2. The maximum Gasteiger partial charge on any atom is 0.335 e. The quantitative estimate of drug-likeness (QED) is 0.783. The van der Waals surface area contributed by atoms with E-state index in [0.717, 1.165) is 10.0 Å². The number of halogens is 1. The molecule has 0 fully saturated rings. The highest BCUT2D eigenvalue weighted by atomic mass is 79.9. The van der Waals surface area contributed by atoms with Gasteiger partial charge in [0.1, 0.15) is 0 Å². The molecule has 1 aliphatic heterocycles. The topological polar surface area (TPSA) is 78.4 Å². The SMILES string of the molecule is CC1=C(C(=O)O)C(c2cccc(Br)c2)NC(=O)N1. The second-order valence-electron chi connectivity index (χ2n) is 3.93. The van der Waals surface area contributed by atoms with Crippen molar-refractivity contribution in [3.05, 3.63) is 45.6 Å². The van der Waals surface area contributed by atoms with Crippen molar-refractivity contribution in [3.63, 3.8) is 0 Å². The number of carboxylic acids is 1. The van der Waals surface area contributed by atoms with Crippen LogP contribution in [0.5, 0.6) is 0 Å². The number of hydrogen-bond donors (Lipinski definition) is 3. The monoisotopic (exact) mass is 310 g/mol. The summed E-state index contributed by atoms with van der Waals surface area (Å²) in [5, 5.41) is 14.3. The fraction of sp³-hybridized carbons (Fsp3) is 0.167. The molecule has 0 aliphatic carbocycles. The zero-order valence-electron chi connectivity index (χ0n) is 9.53. The van der Waals surface area contributed by atoms with E-state index in [2.05, 4.69) is 26.6 Å². The van der Waals surface area contributed by atoms with Gasteiger partial charge in [-0.3, -0.25) is 0 Å². The van der Waals surface area contributed by atoms with Crippen LogP contribution >= 0.6 is 15.9 Å². The number of allylic oxidation sites excluding steroid dienone is 1. The molecule has 3 N–H and O–H groups in total. The lowest BCUT2D eigenvalue weighted by atomic mass is 9.96. The van der Waals surface area contributed by atoms with Crippen molar-refractivity contribution >= 4 is 27.9 Å². The van der Waals surface area contributed by atoms with Gasteiger partial charge in [0.05, 0.1) is 11.6 Å². The number of carbonyl (C=O) groups excluding carboxylic acids is 1. The van der Waals surface area contributed by atoms with E-state index in [-0.39, 0.29) is 5.57 Å². The van der Waals surface area contributed by atoms with Gasteiger partial charge in [-0.25, -0.2) is 9.59 Å². The number of aliphatic carboxylic acids is 1. The summed E-state index contributed by atoms with van der Waals surface area (Å²) < 4.78 is 0.829. The van der Waals surface area contributed by atoms with Crippen LogP contribution in [0.4, 0.5) is 4.79 Å². The number of rotatable bonds is 2. The van der Waals surface area contributed by atoms with Crippen molar-refractivity contribution in [1.29, 1.82) is 0 Å². The van der Waals surface area contributed by atoms with E-state index in [0.29, 0.717) is 5.70 Å². The van der Waals surface area contributed by atoms with Gasteiger partial charge in [0.15, 0.2) is 0 Å². The number of benzene rings is 1. The number of hydrogen-bond acceptors (Lipinski definition) is 2. The van der Waals surface area contributed by atoms with Crippen molar-refractivity contribution in [2.24, 2.45) is 0 Å². The summed E-state index contributed by atoms with van der Waals surface area (Å²) in [6.07, 6.45) is 0. The molecule has 6 heteroatoms. The number of nitrogens with one attached hydrogen (secondary N) is 2. The van der Waals surface area contributed by atoms with Crippen LogP contribution in [0.1, 0.15) is 18.5 Å². The minimum atomic E-state index is -1.05. The molecule has 2 rings (SSSR count). The minimum absolute atomic E-state index is 0.146. The Labute approximate surface area is 112 Å². The fourth-order valence-corrected chi connectivity index (χ4v) is 2.33. The molecule has 1 aromatic rings. The van der Waals surface area contributed by atoms with Crippen molar-refractivity contribution in [2.75, 3.05) is 0 Å². The molecule has 1 aromatic carbocycles. The molecule has 0 radical (unpaired) electrons. The molecule has 0 aromatic heterocycles. The zero-order valence-corrected chi connectivity index (χ0v) is 11.1. The maximum atomic E-state index is 11.4. The van der Waals surface area contributed by atoms with Gasteiger partial charge in [-0.15, -0.1) is 0 Å². The smallest absolute Gasteiger partial charge is 0.335 e. The zero-order chi connectivity index (χ0) is 13.3. The number of amides is 2. The average Bonchev–Trinajstić information content (AvgIpc) is 2.27. The molecular weight excluding hydrogens is 300 g/mol. The Morgan fingerprint density at radius 3 is 2.78 bits per heavy atom. The third-order valence-corrected chi connectivity index (χ3v) is 3.17. The van der Waals surface area contributed by atoms with Gasteiger partial charge in [0, 0.05) is 10.2 Å². The van der Waals surface area contributed by atoms with Gasteiger partial charge in [-0.1, -0.05) is 28.1 Å². The first kappa shape index (κ1) is 12.6. The highest BCUT2D eigenvalue weighted by Crippen LogP contribution is 2.28. The predicted molar refractivity (Wildman–Crippen MR) is 68.9 cm³/mol. The van der Waals surface area contributed by atoms with Crippen LogP contribution < -0.4 is 10.6 Å². The van der Waals surface area contributed by atoms with E-state index in [4.69, 9.17) is 0 Å². The van der Waals surface area contributed by atoms with Gasteiger partial charge < -0.3 is 15.7 Å². The average molecular weight is 311 g/mol. The Balaban J connectivity index is 2.50. The number of carboxylic acid groups (broad SMARTS) is 1. The molecule has 94 valence electrons. The first-order valence-electron chi connectivity index (χ1n) is 5.26. The standard InChI is InChI=1S/C12H11BrN2O3/c1-6-9(11(16)17)10(15-12(18)14-6)7-3-2-4-8(13)5-7/h2-5,10H,1H3,(H,16,17)(H2,14,15,18). The third kappa shape index (κ3) is 2.38. The predicted octanol–water partition coefficient (Wildman–Crippen LogP) is 2.16. The van der Waals surface area contributed by atoms with Crippen LogP contribution in [0, 0.1) is 0 Å². The summed E-state index contributed by atoms with van der Waals surface area (Å²) in [4.78, 5) is 22.7. The Morgan fingerprint density at radius 2 is 2.17 bits per heavy atom. The minimum Gasteiger partial charge on any atom is -0.478 e. The van der Waals surface area contributed by atoms with Crippen LogP contribution in [-0.4, -0.2) is 17.1 Å². The molecule has 0 spiro atoms. The van der Waals surface area contributed by atoms with E-state index in [9.17, 15) is 14.7 Å². The van der Waals surface area contributed by atoms with Crippen LogP contribution in [0.25, 0.3) is 0 Å². The van der Waals surface area contributed by atoms with Crippen LogP contribution in [0.3, 0.4) is 0 Å². The van der Waals surface area contributed by atoms with Crippen molar-refractivity contribution in [1.82, 2.24) is 10.6 Å². The lowest BCUT2D eigenvalue weighted by Gasteiger charge is -2.27. The second kappa shape index (κ2) is 4.81. The summed E-state index contributed by atoms with van der Waals surface area (Å²) in [6, 6.07) is 6.14. The second-order valence-corrected chi connectivity index (χ2v) is 4.85. The summed E-state index contributed by atoms with van der Waals surface area (Å²) in [5.74, 6) is -1.05. The van der Waals surface area contributed by atoms with Gasteiger partial charge >= 0.3 is 12.0 Å². The molecule has 2 amide bonds. The van der Waals surface area contributed by atoms with Crippen molar-refractivity contribution < 1.29 is 14.7 Å². The first-order valence-corrected chi connectivity index (χ1v) is 6.05. The van der Waals surface area contributed by atoms with Gasteiger partial charge in [-0.05, 0) is 24.6 Å². The molecule has 18 heavy (non-hydrogen) atoms. The molecule has 5 nitrogen and oxygen atoms in total.